The molecule has 3 aromatic rings. The van der Waals surface area contributed by atoms with Crippen molar-refractivity contribution in [3.05, 3.63) is 65.1 Å². The minimum Gasteiger partial charge on any atom is -0.488 e. The number of anilines is 2. The molecule has 1 unspecified atom stereocenters. The van der Waals surface area contributed by atoms with Crippen LogP contribution in [0.25, 0.3) is 0 Å². The van der Waals surface area contributed by atoms with Crippen LogP contribution >= 0.6 is 0 Å². The van der Waals surface area contributed by atoms with Crippen molar-refractivity contribution >= 4 is 23.7 Å². The van der Waals surface area contributed by atoms with Crippen LogP contribution in [0.2, 0.25) is 0 Å². The molecular weight excluding hydrogens is 680 g/mol. The van der Waals surface area contributed by atoms with Gasteiger partial charge in [-0.25, -0.2) is 19.7 Å². The standard InChI is InChI=1S/C32H35F6N5O7/c1-4-22-15-25(28-24(7-8-26(41-28)48-3)43(22)30(46)50-9-5-6-27(44)45)42(29-39-16-23(17-40-29)49-11-10-47-2)18-19-12-20(31(33,34)35)14-21(13-19)32(36,37)38/h7-8,12-14,16-17,22,25H,4-6,9-11,15,18H2,1-3H3,(H,44,45)/t22-,25?/m1/s1. The highest BCUT2D eigenvalue weighted by Crippen LogP contribution is 2.44. The molecule has 1 aromatic carbocycles. The first-order chi connectivity index (χ1) is 23.7. The van der Waals surface area contributed by atoms with Crippen LogP contribution in [-0.4, -0.2) is 72.2 Å². The monoisotopic (exact) mass is 715 g/mol. The average molecular weight is 716 g/mol. The van der Waals surface area contributed by atoms with Crippen molar-refractivity contribution in [2.24, 2.45) is 0 Å². The molecule has 4 rings (SSSR count). The summed E-state index contributed by atoms with van der Waals surface area (Å²) in [5, 5.41) is 8.93. The van der Waals surface area contributed by atoms with Crippen LogP contribution in [0.15, 0.2) is 42.7 Å². The Bertz CT molecular complexity index is 1590. The molecule has 1 N–H and O–H groups in total. The maximum absolute atomic E-state index is 13.8. The molecule has 12 nitrogen and oxygen atoms in total. The number of carboxylic acid groups (broad SMARTS) is 1. The van der Waals surface area contributed by atoms with E-state index in [1.54, 1.807) is 6.92 Å². The van der Waals surface area contributed by atoms with Gasteiger partial charge in [-0.2, -0.15) is 26.3 Å². The number of alkyl halides is 6. The Balaban J connectivity index is 1.84. The van der Waals surface area contributed by atoms with E-state index in [4.69, 9.17) is 24.1 Å². The summed E-state index contributed by atoms with van der Waals surface area (Å²) in [6, 6.07) is 2.80. The second-order valence-corrected chi connectivity index (χ2v) is 11.2. The number of amides is 1. The van der Waals surface area contributed by atoms with Gasteiger partial charge in [0.25, 0.3) is 0 Å². The first-order valence-electron chi connectivity index (χ1n) is 15.4. The summed E-state index contributed by atoms with van der Waals surface area (Å²) in [7, 11) is 2.83. The van der Waals surface area contributed by atoms with E-state index in [9.17, 15) is 35.9 Å². The van der Waals surface area contributed by atoms with E-state index in [2.05, 4.69) is 15.0 Å². The fraction of sp³-hybridized carbons (Fsp3) is 0.469. The third kappa shape index (κ3) is 9.42. The fourth-order valence-corrected chi connectivity index (χ4v) is 5.41. The number of fused-ring (bicyclic) bond motifs is 1. The smallest absolute Gasteiger partial charge is 0.416 e. The van der Waals surface area contributed by atoms with Crippen LogP contribution in [0.3, 0.4) is 0 Å². The number of carboxylic acids is 1. The van der Waals surface area contributed by atoms with Gasteiger partial charge in [-0.1, -0.05) is 6.92 Å². The number of rotatable bonds is 14. The van der Waals surface area contributed by atoms with Crippen LogP contribution in [0.5, 0.6) is 11.6 Å². The SMILES string of the molecule is CC[C@@H]1CC(N(Cc2cc(C(F)(F)F)cc(C(F)(F)F)c2)c2ncc(OCCOC)cn2)c2nc(OC)ccc2N1C(=O)OCCCC(=O)O. The molecule has 2 aromatic heterocycles. The molecule has 18 heteroatoms. The number of ether oxygens (including phenoxy) is 4. The van der Waals surface area contributed by atoms with Gasteiger partial charge in [0, 0.05) is 32.2 Å². The largest absolute Gasteiger partial charge is 0.488 e. The van der Waals surface area contributed by atoms with E-state index in [0.29, 0.717) is 18.6 Å². The number of benzene rings is 1. The predicted molar refractivity (Wildman–Crippen MR) is 165 cm³/mol. The Morgan fingerprint density at radius 3 is 2.20 bits per heavy atom. The number of carbonyl (C=O) groups excluding carboxylic acids is 1. The van der Waals surface area contributed by atoms with Crippen molar-refractivity contribution in [1.82, 2.24) is 15.0 Å². The lowest BCUT2D eigenvalue weighted by Gasteiger charge is -2.43. The Labute approximate surface area is 282 Å². The third-order valence-electron chi connectivity index (χ3n) is 7.75. The third-order valence-corrected chi connectivity index (χ3v) is 7.75. The van der Waals surface area contributed by atoms with Crippen LogP contribution in [0, 0.1) is 0 Å². The molecule has 0 bridgehead atoms. The lowest BCUT2D eigenvalue weighted by molar-refractivity contribution is -0.143. The van der Waals surface area contributed by atoms with E-state index in [1.165, 1.54) is 48.5 Å². The van der Waals surface area contributed by atoms with Gasteiger partial charge in [-0.15, -0.1) is 0 Å². The first kappa shape index (κ1) is 37.9. The average Bonchev–Trinajstić information content (AvgIpc) is 3.07. The number of hydrogen-bond acceptors (Lipinski definition) is 10. The van der Waals surface area contributed by atoms with E-state index >= 15 is 0 Å². The van der Waals surface area contributed by atoms with Crippen molar-refractivity contribution < 1.29 is 60.0 Å². The molecule has 0 radical (unpaired) electrons. The molecule has 0 aliphatic carbocycles. The maximum Gasteiger partial charge on any atom is 0.416 e. The number of aliphatic carboxylic acids is 1. The number of halogens is 6. The highest BCUT2D eigenvalue weighted by molar-refractivity contribution is 5.90. The minimum absolute atomic E-state index is 0.0475. The summed E-state index contributed by atoms with van der Waals surface area (Å²) in [5.41, 5.74) is -2.89. The molecule has 0 saturated carbocycles. The van der Waals surface area contributed by atoms with Gasteiger partial charge in [0.2, 0.25) is 11.8 Å². The van der Waals surface area contributed by atoms with Gasteiger partial charge < -0.3 is 29.0 Å². The highest BCUT2D eigenvalue weighted by atomic mass is 19.4. The number of methoxy groups -OCH3 is 2. The molecule has 3 heterocycles. The fourth-order valence-electron chi connectivity index (χ4n) is 5.41. The molecule has 0 fully saturated rings. The lowest BCUT2D eigenvalue weighted by Crippen LogP contribution is -2.48. The Morgan fingerprint density at radius 2 is 1.64 bits per heavy atom. The molecule has 2 atom stereocenters. The topological polar surface area (TPSA) is 136 Å². The van der Waals surface area contributed by atoms with Crippen molar-refractivity contribution in [1.29, 1.82) is 0 Å². The van der Waals surface area contributed by atoms with E-state index in [-0.39, 0.29) is 79.7 Å². The zero-order chi connectivity index (χ0) is 36.6. The van der Waals surface area contributed by atoms with E-state index in [1.807, 2.05) is 0 Å². The lowest BCUT2D eigenvalue weighted by atomic mass is 9.92. The quantitative estimate of drug-likeness (QED) is 0.141. The van der Waals surface area contributed by atoms with Gasteiger partial charge >= 0.3 is 24.4 Å². The maximum atomic E-state index is 13.8. The zero-order valence-electron chi connectivity index (χ0n) is 27.3. The van der Waals surface area contributed by atoms with Gasteiger partial charge in [-0.05, 0) is 49.1 Å². The Kier molecular flexibility index (Phi) is 12.3. The molecule has 1 aliphatic heterocycles. The molecular formula is C32H35F6N5O7. The summed E-state index contributed by atoms with van der Waals surface area (Å²) in [6.45, 7) is 1.48. The second kappa shape index (κ2) is 16.2. The molecule has 0 saturated heterocycles. The second-order valence-electron chi connectivity index (χ2n) is 11.2. The van der Waals surface area contributed by atoms with Crippen LogP contribution < -0.4 is 19.3 Å². The van der Waals surface area contributed by atoms with Crippen molar-refractivity contribution in [2.75, 3.05) is 43.8 Å². The van der Waals surface area contributed by atoms with Gasteiger partial charge in [0.1, 0.15) is 6.61 Å². The van der Waals surface area contributed by atoms with Gasteiger partial charge in [0.15, 0.2) is 5.75 Å². The van der Waals surface area contributed by atoms with Crippen molar-refractivity contribution in [3.63, 3.8) is 0 Å². The minimum atomic E-state index is -5.08. The zero-order valence-corrected chi connectivity index (χ0v) is 27.3. The summed E-state index contributed by atoms with van der Waals surface area (Å²) < 4.78 is 104. The number of aromatic nitrogens is 3. The predicted octanol–water partition coefficient (Wildman–Crippen LogP) is 6.68. The number of hydrogen-bond donors (Lipinski definition) is 1. The summed E-state index contributed by atoms with van der Waals surface area (Å²) >= 11 is 0. The molecule has 272 valence electrons. The Morgan fingerprint density at radius 1 is 0.980 bits per heavy atom. The van der Waals surface area contributed by atoms with Gasteiger partial charge in [-0.3, -0.25) is 9.69 Å². The summed E-state index contributed by atoms with van der Waals surface area (Å²) in [5.74, 6) is -0.791. The normalized spacial score (nSPS) is 16.1. The van der Waals surface area contributed by atoms with Crippen LogP contribution in [0.1, 0.15) is 61.0 Å². The van der Waals surface area contributed by atoms with Crippen molar-refractivity contribution in [2.45, 2.75) is 63.6 Å². The van der Waals surface area contributed by atoms with Crippen LogP contribution in [0.4, 0.5) is 42.8 Å². The molecule has 0 spiro atoms. The first-order valence-corrected chi connectivity index (χ1v) is 15.4. The van der Waals surface area contributed by atoms with Gasteiger partial charge in [0.05, 0.1) is 61.3 Å². The number of nitrogens with zero attached hydrogens (tertiary/aromatic N) is 5. The Hall–Kier alpha value is -4.87. The van der Waals surface area contributed by atoms with E-state index < -0.39 is 54.2 Å². The number of carbonyl (C=O) groups is 2. The molecule has 50 heavy (non-hydrogen) atoms. The van der Waals surface area contributed by atoms with Crippen LogP contribution in [-0.2, 0) is 33.2 Å². The van der Waals surface area contributed by atoms with E-state index in [0.717, 1.165) is 0 Å². The summed E-state index contributed by atoms with van der Waals surface area (Å²) in [6.07, 6.45) is -8.09. The number of pyridine rings is 1. The summed E-state index contributed by atoms with van der Waals surface area (Å²) in [4.78, 5) is 40.3. The highest BCUT2D eigenvalue weighted by Gasteiger charge is 2.42. The van der Waals surface area contributed by atoms with Crippen molar-refractivity contribution in [3.8, 4) is 11.6 Å². The molecule has 1 aliphatic rings. The molecule has 1 amide bonds.